The van der Waals surface area contributed by atoms with E-state index < -0.39 is 5.91 Å². The number of rotatable bonds is 7. The number of nitrogens with one attached hydrogen (secondary N) is 2. The molecule has 0 unspecified atom stereocenters. The van der Waals surface area contributed by atoms with E-state index in [0.717, 1.165) is 17.7 Å². The standard InChI is InChI=1S/C20H19FN4O2/c1-27-18-5-3-2-4-14(18)12-13-22-19-11-10-17(24-25-19)20(26)23-16-8-6-15(21)7-9-16/h2-11H,12-13H2,1H3,(H,22,25)(H,23,26). The summed E-state index contributed by atoms with van der Waals surface area (Å²) in [5, 5.41) is 13.7. The van der Waals surface area contributed by atoms with Gasteiger partial charge in [0.1, 0.15) is 17.4 Å². The van der Waals surface area contributed by atoms with Crippen molar-refractivity contribution in [2.45, 2.75) is 6.42 Å². The van der Waals surface area contributed by atoms with E-state index in [1.807, 2.05) is 24.3 Å². The normalized spacial score (nSPS) is 10.3. The van der Waals surface area contributed by atoms with Crippen molar-refractivity contribution in [3.05, 3.63) is 77.7 Å². The third-order valence-electron chi connectivity index (χ3n) is 3.89. The summed E-state index contributed by atoms with van der Waals surface area (Å²) in [5.41, 5.74) is 1.76. The largest absolute Gasteiger partial charge is 0.496 e. The minimum absolute atomic E-state index is 0.176. The molecule has 0 aliphatic rings. The van der Waals surface area contributed by atoms with Crippen molar-refractivity contribution in [1.29, 1.82) is 0 Å². The minimum Gasteiger partial charge on any atom is -0.496 e. The van der Waals surface area contributed by atoms with Crippen LogP contribution in [0.3, 0.4) is 0 Å². The molecule has 0 saturated heterocycles. The number of ether oxygens (including phenoxy) is 1. The molecule has 6 nitrogen and oxygen atoms in total. The molecule has 7 heteroatoms. The summed E-state index contributed by atoms with van der Waals surface area (Å²) in [5.74, 6) is 0.646. The van der Waals surface area contributed by atoms with Gasteiger partial charge in [-0.1, -0.05) is 18.2 Å². The molecule has 1 amide bonds. The molecule has 0 atom stereocenters. The van der Waals surface area contributed by atoms with Crippen LogP contribution in [-0.2, 0) is 6.42 Å². The molecule has 1 heterocycles. The number of aromatic nitrogens is 2. The van der Waals surface area contributed by atoms with E-state index in [2.05, 4.69) is 20.8 Å². The van der Waals surface area contributed by atoms with E-state index in [1.165, 1.54) is 24.3 Å². The third kappa shape index (κ3) is 5.01. The molecular formula is C20H19FN4O2. The monoisotopic (exact) mass is 366 g/mol. The Bertz CT molecular complexity index is 899. The lowest BCUT2D eigenvalue weighted by atomic mass is 10.1. The Morgan fingerprint density at radius 1 is 1.04 bits per heavy atom. The molecule has 2 N–H and O–H groups in total. The minimum atomic E-state index is -0.408. The van der Waals surface area contributed by atoms with Crippen molar-refractivity contribution < 1.29 is 13.9 Å². The number of methoxy groups -OCH3 is 1. The number of hydrogen-bond acceptors (Lipinski definition) is 5. The lowest BCUT2D eigenvalue weighted by Crippen LogP contribution is -2.15. The molecule has 0 bridgehead atoms. The average molecular weight is 366 g/mol. The fourth-order valence-electron chi connectivity index (χ4n) is 2.51. The predicted octanol–water partition coefficient (Wildman–Crippen LogP) is 3.53. The van der Waals surface area contributed by atoms with Crippen LogP contribution in [0.1, 0.15) is 16.1 Å². The number of halogens is 1. The molecule has 1 aromatic heterocycles. The molecule has 0 saturated carbocycles. The Balaban J connectivity index is 1.53. The van der Waals surface area contributed by atoms with Crippen LogP contribution in [0.15, 0.2) is 60.7 Å². The number of carbonyl (C=O) groups excluding carboxylic acids is 1. The van der Waals surface area contributed by atoms with Crippen molar-refractivity contribution in [2.24, 2.45) is 0 Å². The molecule has 3 aromatic rings. The lowest BCUT2D eigenvalue weighted by Gasteiger charge is -2.09. The summed E-state index contributed by atoms with van der Waals surface area (Å²) in [4.78, 5) is 12.1. The van der Waals surface area contributed by atoms with E-state index in [1.54, 1.807) is 19.2 Å². The van der Waals surface area contributed by atoms with Crippen LogP contribution >= 0.6 is 0 Å². The maximum Gasteiger partial charge on any atom is 0.276 e. The summed E-state index contributed by atoms with van der Waals surface area (Å²) in [6.45, 7) is 0.649. The highest BCUT2D eigenvalue weighted by Gasteiger charge is 2.09. The van der Waals surface area contributed by atoms with E-state index >= 15 is 0 Å². The number of nitrogens with zero attached hydrogens (tertiary/aromatic N) is 2. The summed E-state index contributed by atoms with van der Waals surface area (Å²) in [6.07, 6.45) is 0.762. The maximum atomic E-state index is 12.9. The Morgan fingerprint density at radius 3 is 2.52 bits per heavy atom. The molecule has 2 aromatic carbocycles. The fraction of sp³-hybridized carbons (Fsp3) is 0.150. The van der Waals surface area contributed by atoms with Gasteiger partial charge < -0.3 is 15.4 Å². The van der Waals surface area contributed by atoms with Gasteiger partial charge in [-0.25, -0.2) is 4.39 Å². The van der Waals surface area contributed by atoms with Crippen LogP contribution in [-0.4, -0.2) is 29.8 Å². The summed E-state index contributed by atoms with van der Waals surface area (Å²) in [7, 11) is 1.65. The Kier molecular flexibility index (Phi) is 5.94. The van der Waals surface area contributed by atoms with Gasteiger partial charge in [-0.2, -0.15) is 0 Å². The fourth-order valence-corrected chi connectivity index (χ4v) is 2.51. The molecule has 0 fully saturated rings. The number of benzene rings is 2. The van der Waals surface area contributed by atoms with E-state index in [-0.39, 0.29) is 11.5 Å². The first-order valence-corrected chi connectivity index (χ1v) is 8.42. The number of hydrogen-bond donors (Lipinski definition) is 2. The highest BCUT2D eigenvalue weighted by atomic mass is 19.1. The second-order valence-electron chi connectivity index (χ2n) is 5.75. The van der Waals surface area contributed by atoms with Crippen molar-refractivity contribution in [1.82, 2.24) is 10.2 Å². The topological polar surface area (TPSA) is 76.1 Å². The Morgan fingerprint density at radius 2 is 1.81 bits per heavy atom. The highest BCUT2D eigenvalue weighted by molar-refractivity contribution is 6.02. The SMILES string of the molecule is COc1ccccc1CCNc1ccc(C(=O)Nc2ccc(F)cc2)nn1. The molecule has 0 radical (unpaired) electrons. The first-order valence-electron chi connectivity index (χ1n) is 8.42. The van der Waals surface area contributed by atoms with Gasteiger partial charge in [0.15, 0.2) is 5.69 Å². The van der Waals surface area contributed by atoms with Crippen LogP contribution in [0.25, 0.3) is 0 Å². The van der Waals surface area contributed by atoms with Gasteiger partial charge in [0.25, 0.3) is 5.91 Å². The van der Waals surface area contributed by atoms with Crippen LogP contribution in [0.2, 0.25) is 0 Å². The molecule has 0 aliphatic carbocycles. The number of carbonyl (C=O) groups is 1. The number of anilines is 2. The van der Waals surface area contributed by atoms with Crippen LogP contribution in [0, 0.1) is 5.82 Å². The average Bonchev–Trinajstić information content (AvgIpc) is 2.70. The zero-order chi connectivity index (χ0) is 19.1. The van der Waals surface area contributed by atoms with Gasteiger partial charge >= 0.3 is 0 Å². The Hall–Kier alpha value is -3.48. The van der Waals surface area contributed by atoms with Gasteiger partial charge in [0, 0.05) is 12.2 Å². The zero-order valence-electron chi connectivity index (χ0n) is 14.8. The summed E-state index contributed by atoms with van der Waals surface area (Å²) < 4.78 is 18.2. The molecule has 3 rings (SSSR count). The van der Waals surface area contributed by atoms with Crippen molar-refractivity contribution in [2.75, 3.05) is 24.3 Å². The van der Waals surface area contributed by atoms with Crippen molar-refractivity contribution in [3.8, 4) is 5.75 Å². The third-order valence-corrected chi connectivity index (χ3v) is 3.89. The van der Waals surface area contributed by atoms with Crippen LogP contribution < -0.4 is 15.4 Å². The second kappa shape index (κ2) is 8.75. The smallest absolute Gasteiger partial charge is 0.276 e. The van der Waals surface area contributed by atoms with E-state index in [4.69, 9.17) is 4.74 Å². The first kappa shape index (κ1) is 18.3. The molecule has 0 aliphatic heterocycles. The quantitative estimate of drug-likeness (QED) is 0.669. The van der Waals surface area contributed by atoms with Gasteiger partial charge in [-0.15, -0.1) is 10.2 Å². The summed E-state index contributed by atoms with van der Waals surface area (Å²) in [6, 6.07) is 16.6. The Labute approximate surface area is 156 Å². The zero-order valence-corrected chi connectivity index (χ0v) is 14.8. The number of para-hydroxylation sites is 1. The van der Waals surface area contributed by atoms with Crippen LogP contribution in [0.4, 0.5) is 15.9 Å². The summed E-state index contributed by atoms with van der Waals surface area (Å²) >= 11 is 0. The van der Waals surface area contributed by atoms with Crippen molar-refractivity contribution in [3.63, 3.8) is 0 Å². The van der Waals surface area contributed by atoms with Crippen molar-refractivity contribution >= 4 is 17.4 Å². The van der Waals surface area contributed by atoms with E-state index in [0.29, 0.717) is 18.1 Å². The number of amides is 1. The van der Waals surface area contributed by atoms with Crippen LogP contribution in [0.5, 0.6) is 5.75 Å². The molecule has 0 spiro atoms. The molecular weight excluding hydrogens is 347 g/mol. The second-order valence-corrected chi connectivity index (χ2v) is 5.75. The predicted molar refractivity (Wildman–Crippen MR) is 102 cm³/mol. The van der Waals surface area contributed by atoms with Gasteiger partial charge in [-0.05, 0) is 54.4 Å². The van der Waals surface area contributed by atoms with Gasteiger partial charge in [0.05, 0.1) is 7.11 Å². The van der Waals surface area contributed by atoms with Gasteiger partial charge in [-0.3, -0.25) is 4.79 Å². The maximum absolute atomic E-state index is 12.9. The lowest BCUT2D eigenvalue weighted by molar-refractivity contribution is 0.102. The molecule has 27 heavy (non-hydrogen) atoms. The first-order chi connectivity index (χ1) is 13.2. The van der Waals surface area contributed by atoms with E-state index in [9.17, 15) is 9.18 Å². The highest BCUT2D eigenvalue weighted by Crippen LogP contribution is 2.17. The molecule has 138 valence electrons. The van der Waals surface area contributed by atoms with Gasteiger partial charge in [0.2, 0.25) is 0 Å².